The quantitative estimate of drug-likeness (QED) is 0.932. The van der Waals surface area contributed by atoms with E-state index >= 15 is 0 Å². The molecule has 1 aromatic heterocycles. The van der Waals surface area contributed by atoms with Crippen molar-refractivity contribution in [3.63, 3.8) is 0 Å². The van der Waals surface area contributed by atoms with Crippen LogP contribution in [0.25, 0.3) is 11.3 Å². The molecule has 0 radical (unpaired) electrons. The summed E-state index contributed by atoms with van der Waals surface area (Å²) < 4.78 is 28.2. The zero-order valence-electron chi connectivity index (χ0n) is 9.62. The molecule has 0 aliphatic carbocycles. The number of benzene rings is 1. The minimum atomic E-state index is -3.53. The van der Waals surface area contributed by atoms with Crippen LogP contribution in [0.2, 0.25) is 5.02 Å². The maximum absolute atomic E-state index is 11.7. The van der Waals surface area contributed by atoms with Gasteiger partial charge in [-0.1, -0.05) is 22.8 Å². The lowest BCUT2D eigenvalue weighted by molar-refractivity contribution is 0.0686. The van der Waals surface area contributed by atoms with Gasteiger partial charge in [-0.3, -0.25) is 0 Å². The summed E-state index contributed by atoms with van der Waals surface area (Å²) in [5.41, 5.74) is -0.221. The van der Waals surface area contributed by atoms with Crippen molar-refractivity contribution >= 4 is 27.4 Å². The van der Waals surface area contributed by atoms with E-state index in [0.717, 1.165) is 12.3 Å². The largest absolute Gasteiger partial charge is 0.476 e. The maximum atomic E-state index is 11.7. The van der Waals surface area contributed by atoms with Crippen LogP contribution >= 0.6 is 11.6 Å². The molecule has 19 heavy (non-hydrogen) atoms. The molecule has 0 saturated carbocycles. The van der Waals surface area contributed by atoms with Crippen molar-refractivity contribution < 1.29 is 22.8 Å². The highest BCUT2D eigenvalue weighted by molar-refractivity contribution is 7.90. The van der Waals surface area contributed by atoms with E-state index in [-0.39, 0.29) is 26.9 Å². The minimum Gasteiger partial charge on any atom is -0.476 e. The van der Waals surface area contributed by atoms with Crippen molar-refractivity contribution in [1.29, 1.82) is 0 Å². The highest BCUT2D eigenvalue weighted by atomic mass is 35.5. The summed E-state index contributed by atoms with van der Waals surface area (Å²) in [5.74, 6) is -1.29. The van der Waals surface area contributed by atoms with Crippen molar-refractivity contribution in [3.8, 4) is 11.3 Å². The predicted molar refractivity (Wildman–Crippen MR) is 67.0 cm³/mol. The third-order valence-corrected chi connectivity index (χ3v) is 3.80. The van der Waals surface area contributed by atoms with Crippen LogP contribution in [0.5, 0.6) is 0 Å². The monoisotopic (exact) mass is 301 g/mol. The fourth-order valence-electron chi connectivity index (χ4n) is 1.55. The van der Waals surface area contributed by atoms with Gasteiger partial charge in [-0.2, -0.15) is 0 Å². The number of nitrogens with zero attached hydrogens (tertiary/aromatic N) is 1. The van der Waals surface area contributed by atoms with Gasteiger partial charge in [0.1, 0.15) is 0 Å². The van der Waals surface area contributed by atoms with Gasteiger partial charge >= 0.3 is 5.97 Å². The second-order valence-electron chi connectivity index (χ2n) is 3.77. The number of carboxylic acids is 1. The SMILES string of the molecule is CS(=O)(=O)c1cccc(Cl)c1-c1cc(C(=O)O)no1. The third kappa shape index (κ3) is 2.61. The molecular weight excluding hydrogens is 294 g/mol. The fraction of sp³-hybridized carbons (Fsp3) is 0.0909. The first kappa shape index (κ1) is 13.6. The second kappa shape index (κ2) is 4.67. The summed E-state index contributed by atoms with van der Waals surface area (Å²) in [4.78, 5) is 10.7. The van der Waals surface area contributed by atoms with E-state index in [2.05, 4.69) is 5.16 Å². The van der Waals surface area contributed by atoms with Gasteiger partial charge in [0.25, 0.3) is 0 Å². The third-order valence-electron chi connectivity index (χ3n) is 2.35. The molecule has 0 fully saturated rings. The number of carbonyl (C=O) groups is 1. The smallest absolute Gasteiger partial charge is 0.358 e. The van der Waals surface area contributed by atoms with Gasteiger partial charge in [-0.15, -0.1) is 0 Å². The highest BCUT2D eigenvalue weighted by Crippen LogP contribution is 2.34. The van der Waals surface area contributed by atoms with Gasteiger partial charge in [0.2, 0.25) is 0 Å². The van der Waals surface area contributed by atoms with E-state index in [1.807, 2.05) is 0 Å². The van der Waals surface area contributed by atoms with E-state index in [4.69, 9.17) is 21.2 Å². The Hall–Kier alpha value is -1.86. The van der Waals surface area contributed by atoms with Crippen LogP contribution in [-0.2, 0) is 9.84 Å². The molecule has 0 aliphatic heterocycles. The Morgan fingerprint density at radius 2 is 2.11 bits per heavy atom. The van der Waals surface area contributed by atoms with Gasteiger partial charge in [0, 0.05) is 12.3 Å². The lowest BCUT2D eigenvalue weighted by Crippen LogP contribution is -2.00. The van der Waals surface area contributed by atoms with Crippen LogP contribution < -0.4 is 0 Å². The Labute approximate surface area is 113 Å². The van der Waals surface area contributed by atoms with Crippen LogP contribution in [-0.4, -0.2) is 30.9 Å². The lowest BCUT2D eigenvalue weighted by atomic mass is 10.1. The average molecular weight is 302 g/mol. The number of aromatic nitrogens is 1. The Morgan fingerprint density at radius 3 is 2.63 bits per heavy atom. The maximum Gasteiger partial charge on any atom is 0.358 e. The molecule has 0 atom stereocenters. The summed E-state index contributed by atoms with van der Waals surface area (Å²) in [7, 11) is -3.53. The average Bonchev–Trinajstić information content (AvgIpc) is 2.76. The van der Waals surface area contributed by atoms with E-state index in [1.54, 1.807) is 0 Å². The summed E-state index contributed by atoms with van der Waals surface area (Å²) >= 11 is 5.96. The molecule has 0 aliphatic rings. The number of aromatic carboxylic acids is 1. The topological polar surface area (TPSA) is 97.5 Å². The predicted octanol–water partition coefficient (Wildman–Crippen LogP) is 2.10. The van der Waals surface area contributed by atoms with Crippen molar-refractivity contribution in [3.05, 3.63) is 35.0 Å². The fourth-order valence-corrected chi connectivity index (χ4v) is 2.78. The number of carboxylic acid groups (broad SMARTS) is 1. The first-order chi connectivity index (χ1) is 8.80. The number of halogens is 1. The Kier molecular flexibility index (Phi) is 3.34. The van der Waals surface area contributed by atoms with E-state index in [0.29, 0.717) is 0 Å². The van der Waals surface area contributed by atoms with Crippen LogP contribution in [0, 0.1) is 0 Å². The standard InChI is InChI=1S/C11H8ClNO5S/c1-19(16,17)9-4-2-3-6(12)10(9)8-5-7(11(14)15)13-18-8/h2-5H,1H3,(H,14,15). The Balaban J connectivity index is 2.70. The lowest BCUT2D eigenvalue weighted by Gasteiger charge is -2.06. The molecule has 6 nitrogen and oxygen atoms in total. The zero-order chi connectivity index (χ0) is 14.2. The summed E-state index contributed by atoms with van der Waals surface area (Å²) in [5, 5.41) is 12.2. The second-order valence-corrected chi connectivity index (χ2v) is 6.16. The normalized spacial score (nSPS) is 11.5. The number of rotatable bonds is 3. The molecule has 0 spiro atoms. The van der Waals surface area contributed by atoms with Gasteiger partial charge in [0.15, 0.2) is 21.3 Å². The van der Waals surface area contributed by atoms with E-state index in [1.165, 1.54) is 18.2 Å². The van der Waals surface area contributed by atoms with Crippen molar-refractivity contribution in [1.82, 2.24) is 5.16 Å². The van der Waals surface area contributed by atoms with Gasteiger partial charge < -0.3 is 9.63 Å². The number of hydrogen-bond acceptors (Lipinski definition) is 5. The van der Waals surface area contributed by atoms with Gasteiger partial charge in [0.05, 0.1) is 15.5 Å². The molecule has 0 amide bonds. The van der Waals surface area contributed by atoms with E-state index in [9.17, 15) is 13.2 Å². The van der Waals surface area contributed by atoms with Crippen LogP contribution in [0.3, 0.4) is 0 Å². The Morgan fingerprint density at radius 1 is 1.42 bits per heavy atom. The first-order valence-electron chi connectivity index (χ1n) is 4.99. The minimum absolute atomic E-state index is 0.0107. The molecule has 2 rings (SSSR count). The molecule has 0 unspecified atom stereocenters. The summed E-state index contributed by atoms with van der Waals surface area (Å²) in [6, 6.07) is 5.45. The highest BCUT2D eigenvalue weighted by Gasteiger charge is 2.22. The molecule has 0 saturated heterocycles. The summed E-state index contributed by atoms with van der Waals surface area (Å²) in [6.07, 6.45) is 1.02. The van der Waals surface area contributed by atoms with E-state index < -0.39 is 15.8 Å². The molecule has 1 N–H and O–H groups in total. The molecule has 1 aromatic carbocycles. The van der Waals surface area contributed by atoms with Crippen LogP contribution in [0.4, 0.5) is 0 Å². The molecular formula is C11H8ClNO5S. The van der Waals surface area contributed by atoms with Crippen molar-refractivity contribution in [2.75, 3.05) is 6.26 Å². The first-order valence-corrected chi connectivity index (χ1v) is 7.26. The van der Waals surface area contributed by atoms with Gasteiger partial charge in [-0.25, -0.2) is 13.2 Å². The molecule has 100 valence electrons. The number of sulfone groups is 1. The number of hydrogen-bond donors (Lipinski definition) is 1. The van der Waals surface area contributed by atoms with Gasteiger partial charge in [-0.05, 0) is 12.1 Å². The van der Waals surface area contributed by atoms with Crippen molar-refractivity contribution in [2.24, 2.45) is 0 Å². The van der Waals surface area contributed by atoms with Crippen LogP contribution in [0.15, 0.2) is 33.7 Å². The molecule has 8 heteroatoms. The van der Waals surface area contributed by atoms with Crippen molar-refractivity contribution in [2.45, 2.75) is 4.90 Å². The zero-order valence-corrected chi connectivity index (χ0v) is 11.2. The Bertz CT molecular complexity index is 750. The summed E-state index contributed by atoms with van der Waals surface area (Å²) in [6.45, 7) is 0. The van der Waals surface area contributed by atoms with Crippen LogP contribution in [0.1, 0.15) is 10.5 Å². The molecule has 2 aromatic rings. The molecule has 1 heterocycles. The molecule has 0 bridgehead atoms.